The fourth-order valence-corrected chi connectivity index (χ4v) is 10.5. The maximum Gasteiger partial charge on any atom is 0.336 e. The van der Waals surface area contributed by atoms with Crippen LogP contribution in [0.5, 0.6) is 5.75 Å². The number of allylic oxidation sites excluding steroid dienone is 3. The first-order chi connectivity index (χ1) is 40.5. The van der Waals surface area contributed by atoms with Crippen molar-refractivity contribution < 1.29 is 48.0 Å². The van der Waals surface area contributed by atoms with Crippen LogP contribution in [0.3, 0.4) is 0 Å². The highest BCUT2D eigenvalue weighted by molar-refractivity contribution is 6.09. The van der Waals surface area contributed by atoms with Crippen LogP contribution in [0.1, 0.15) is 123 Å². The number of carboxylic acids is 1. The fraction of sp³-hybridized carbons (Fsp3) is 0.446. The van der Waals surface area contributed by atoms with Gasteiger partial charge in [-0.1, -0.05) is 87.5 Å². The number of aromatic nitrogens is 3. The Morgan fingerprint density at radius 1 is 0.810 bits per heavy atom. The Balaban J connectivity index is 0.734. The number of carbonyl (C=O) groups excluding carboxylic acids is 4. The third-order valence-corrected chi connectivity index (χ3v) is 15.9. The highest BCUT2D eigenvalue weighted by Crippen LogP contribution is 2.50. The van der Waals surface area contributed by atoms with Crippen molar-refractivity contribution in [1.82, 2.24) is 30.9 Å². The van der Waals surface area contributed by atoms with Gasteiger partial charge in [-0.15, -0.1) is 5.10 Å². The number of hydrogen-bond donors (Lipinski definition) is 5. The van der Waals surface area contributed by atoms with Gasteiger partial charge in [0, 0.05) is 110 Å². The number of benzene rings is 4. The predicted molar refractivity (Wildman–Crippen MR) is 325 cm³/mol. The van der Waals surface area contributed by atoms with Crippen LogP contribution in [0.4, 0.5) is 11.4 Å². The molecule has 19 heteroatoms. The van der Waals surface area contributed by atoms with Crippen molar-refractivity contribution >= 4 is 46.7 Å². The van der Waals surface area contributed by atoms with Crippen molar-refractivity contribution in [2.75, 3.05) is 82.6 Å². The average Bonchev–Trinajstić information content (AvgIpc) is 1.48. The summed E-state index contributed by atoms with van der Waals surface area (Å²) in [4.78, 5) is 72.5. The molecule has 4 aromatic carbocycles. The summed E-state index contributed by atoms with van der Waals surface area (Å²) in [6.45, 7) is 21.5. The Labute approximate surface area is 492 Å². The Hall–Kier alpha value is -8.00. The number of ether oxygens (including phenoxy) is 4. The first kappa shape index (κ1) is 62.1. The molecular weight excluding hydrogens is 1070 g/mol. The summed E-state index contributed by atoms with van der Waals surface area (Å²) in [5.41, 5.74) is 10.2. The molecule has 8 rings (SSSR count). The molecule has 0 saturated carbocycles. The number of carboxylic acid groups (broad SMARTS) is 1. The molecule has 1 aromatic heterocycles. The standard InChI is InChI=1S/C65H81N9O10/c1-9-66-52-37-55-50(34-42(52)5)60(51-35-43(6)53(67-10-2)38-56(51)84-55)47-22-21-44(36-49(47)64(79)80)63(78)69-26-29-82-31-33-83-32-30-81-28-25-68-58(76)23-24-59(77)73-39-45-16-11-12-17-46(45)62-61(48-18-13-14-19-54(48)73)71-72-74(62)27-15-20-57(75)70-40-65(7,8)41(3)4/h11-14,16-19,21-22,34-38,41,50,60,67H,9-10,15,20,23-33,39-40H2,1-8H3,(H,68,76)(H,69,78)(H,70,75)(H,79,80)/b66-52-. The molecule has 19 nitrogen and oxygen atoms in total. The molecule has 446 valence electrons. The minimum absolute atomic E-state index is 0.00561. The van der Waals surface area contributed by atoms with Gasteiger partial charge in [-0.3, -0.25) is 24.2 Å². The Kier molecular flexibility index (Phi) is 21.4. The zero-order chi connectivity index (χ0) is 59.9. The second-order valence-electron chi connectivity index (χ2n) is 22.3. The minimum atomic E-state index is -1.14. The van der Waals surface area contributed by atoms with Crippen molar-refractivity contribution in [2.24, 2.45) is 22.2 Å². The van der Waals surface area contributed by atoms with E-state index in [1.54, 1.807) is 17.0 Å². The van der Waals surface area contributed by atoms with Gasteiger partial charge in [0.1, 0.15) is 17.2 Å². The summed E-state index contributed by atoms with van der Waals surface area (Å²) < 4.78 is 25.4. The number of aryl methyl sites for hydroxylation is 2. The summed E-state index contributed by atoms with van der Waals surface area (Å²) in [6, 6.07) is 24.4. The molecular formula is C65H81N9O10. The molecule has 2 unspecified atom stereocenters. The third kappa shape index (κ3) is 15.2. The smallest absolute Gasteiger partial charge is 0.336 e. The van der Waals surface area contributed by atoms with Crippen LogP contribution in [0, 0.1) is 24.2 Å². The van der Waals surface area contributed by atoms with Crippen molar-refractivity contribution in [3.05, 3.63) is 136 Å². The van der Waals surface area contributed by atoms with Crippen LogP contribution >= 0.6 is 0 Å². The maximum absolute atomic E-state index is 14.0. The number of hydrogen-bond acceptors (Lipinski definition) is 13. The molecule has 4 amide bonds. The highest BCUT2D eigenvalue weighted by atomic mass is 16.5. The molecule has 2 atom stereocenters. The van der Waals surface area contributed by atoms with Crippen molar-refractivity contribution in [1.29, 1.82) is 0 Å². The number of nitrogens with zero attached hydrogens (tertiary/aromatic N) is 5. The number of aromatic carboxylic acids is 1. The normalized spacial score (nSPS) is 15.7. The second kappa shape index (κ2) is 29.0. The van der Waals surface area contributed by atoms with E-state index in [1.807, 2.05) is 93.1 Å². The fourth-order valence-electron chi connectivity index (χ4n) is 10.5. The summed E-state index contributed by atoms with van der Waals surface area (Å²) in [5, 5.41) is 31.9. The molecule has 0 saturated heterocycles. The van der Waals surface area contributed by atoms with Crippen molar-refractivity contribution in [3.63, 3.8) is 0 Å². The van der Waals surface area contributed by atoms with Gasteiger partial charge < -0.3 is 50.2 Å². The zero-order valence-electron chi connectivity index (χ0n) is 49.8. The average molecular weight is 1150 g/mol. The molecule has 5 N–H and O–H groups in total. The number of fused-ring (bicyclic) bond motifs is 7. The summed E-state index contributed by atoms with van der Waals surface area (Å²) >= 11 is 0. The maximum atomic E-state index is 14.0. The molecule has 3 heterocycles. The molecule has 0 spiro atoms. The molecule has 0 radical (unpaired) electrons. The van der Waals surface area contributed by atoms with Gasteiger partial charge in [-0.25, -0.2) is 9.48 Å². The molecule has 0 fully saturated rings. The predicted octanol–water partition coefficient (Wildman–Crippen LogP) is 9.30. The lowest BCUT2D eigenvalue weighted by Crippen LogP contribution is -2.36. The van der Waals surface area contributed by atoms with Crippen LogP contribution in [-0.2, 0) is 41.7 Å². The van der Waals surface area contributed by atoms with Gasteiger partial charge in [-0.05, 0) is 92.0 Å². The largest absolute Gasteiger partial charge is 0.478 e. The van der Waals surface area contributed by atoms with Crippen molar-refractivity contribution in [2.45, 2.75) is 100 Å². The van der Waals surface area contributed by atoms with E-state index < -0.39 is 17.8 Å². The van der Waals surface area contributed by atoms with E-state index in [9.17, 15) is 29.1 Å². The van der Waals surface area contributed by atoms with Gasteiger partial charge in [-0.2, -0.15) is 0 Å². The first-order valence-electron chi connectivity index (χ1n) is 29.3. The number of rotatable bonds is 28. The topological polar surface area (TPSA) is 237 Å². The summed E-state index contributed by atoms with van der Waals surface area (Å²) in [6.07, 6.45) is 4.96. The molecule has 3 aliphatic rings. The summed E-state index contributed by atoms with van der Waals surface area (Å²) in [7, 11) is 0. The highest BCUT2D eigenvalue weighted by Gasteiger charge is 2.40. The van der Waals surface area contributed by atoms with Crippen LogP contribution in [0.25, 0.3) is 22.5 Å². The van der Waals surface area contributed by atoms with Crippen LogP contribution in [-0.4, -0.2) is 128 Å². The van der Waals surface area contributed by atoms with Crippen LogP contribution in [0.2, 0.25) is 0 Å². The minimum Gasteiger partial charge on any atom is -0.478 e. The van der Waals surface area contributed by atoms with E-state index in [-0.39, 0.29) is 92.5 Å². The van der Waals surface area contributed by atoms with E-state index >= 15 is 0 Å². The van der Waals surface area contributed by atoms with E-state index in [0.29, 0.717) is 86.7 Å². The summed E-state index contributed by atoms with van der Waals surface area (Å²) in [5.74, 6) is -0.954. The SMILES string of the molecule is CC/N=C1/C=C2Oc3cc(NCC)c(C)cc3C(c3ccc(C(=O)NCCOCCOCCOCCNC(=O)CCC(=O)N4Cc5ccccc5-c5c(nnn5CCCC(=O)NCC(C)(C)C(C)C)-c5ccccc54)cc3C(=O)O)C2C=C1C. The third-order valence-electron chi connectivity index (χ3n) is 15.9. The number of nitrogens with one attached hydrogen (secondary N) is 4. The first-order valence-corrected chi connectivity index (χ1v) is 29.3. The second-order valence-corrected chi connectivity index (χ2v) is 22.3. The van der Waals surface area contributed by atoms with Crippen LogP contribution < -0.4 is 30.9 Å². The number of anilines is 2. The number of amides is 4. The molecule has 0 bridgehead atoms. The van der Waals surface area contributed by atoms with E-state index in [2.05, 4.69) is 76.4 Å². The monoisotopic (exact) mass is 1150 g/mol. The number of para-hydroxylation sites is 1. The van der Waals surface area contributed by atoms with Gasteiger partial charge in [0.15, 0.2) is 0 Å². The van der Waals surface area contributed by atoms with Crippen molar-refractivity contribution in [3.8, 4) is 28.3 Å². The number of carbonyl (C=O) groups is 5. The quantitative estimate of drug-likeness (QED) is 0.0294. The van der Waals surface area contributed by atoms with Gasteiger partial charge in [0.25, 0.3) is 5.91 Å². The molecule has 5 aromatic rings. The molecule has 1 aliphatic carbocycles. The van der Waals surface area contributed by atoms with Gasteiger partial charge in [0.2, 0.25) is 17.7 Å². The Bertz CT molecular complexity index is 3290. The van der Waals surface area contributed by atoms with E-state index in [1.165, 1.54) is 6.07 Å². The van der Waals surface area contributed by atoms with Crippen LogP contribution in [0.15, 0.2) is 107 Å². The Morgan fingerprint density at radius 2 is 1.50 bits per heavy atom. The van der Waals surface area contributed by atoms with Gasteiger partial charge >= 0.3 is 5.97 Å². The lowest BCUT2D eigenvalue weighted by Gasteiger charge is -2.37. The zero-order valence-corrected chi connectivity index (χ0v) is 49.8. The van der Waals surface area contributed by atoms with E-state index in [4.69, 9.17) is 18.9 Å². The molecule has 2 aliphatic heterocycles. The Morgan fingerprint density at radius 3 is 2.21 bits per heavy atom. The molecule has 84 heavy (non-hydrogen) atoms. The van der Waals surface area contributed by atoms with Gasteiger partial charge in [0.05, 0.1) is 68.8 Å². The van der Waals surface area contributed by atoms with E-state index in [0.717, 1.165) is 57.0 Å². The lowest BCUT2D eigenvalue weighted by molar-refractivity contribution is -0.125. The lowest BCUT2D eigenvalue weighted by atomic mass is 9.73. The number of aliphatic imine (C=N–C) groups is 1.